The molecule has 0 amide bonds. The molecule has 0 aliphatic carbocycles. The first kappa shape index (κ1) is 28.0. The predicted octanol–water partition coefficient (Wildman–Crippen LogP) is 13.6. The van der Waals surface area contributed by atoms with Crippen LogP contribution in [-0.2, 0) is 0 Å². The number of anilines is 3. The molecule has 0 bridgehead atoms. The van der Waals surface area contributed by atoms with E-state index in [4.69, 9.17) is 4.42 Å². The predicted molar refractivity (Wildman–Crippen MR) is 215 cm³/mol. The van der Waals surface area contributed by atoms with E-state index in [0.717, 1.165) is 44.7 Å². The normalized spacial score (nSPS) is 11.9. The zero-order valence-corrected chi connectivity index (χ0v) is 27.6. The molecule has 0 atom stereocenters. The van der Waals surface area contributed by atoms with Crippen molar-refractivity contribution < 1.29 is 4.42 Å². The van der Waals surface area contributed by atoms with Crippen molar-refractivity contribution in [2.24, 2.45) is 0 Å². The van der Waals surface area contributed by atoms with Crippen LogP contribution in [0.15, 0.2) is 186 Å². The third kappa shape index (κ3) is 4.25. The largest absolute Gasteiger partial charge is 0.456 e. The standard InChI is InChI=1S/C48H30N2O/c1-2-11-33(12-3-1)50-45-16-8-6-14-40(45)44-29-35(23-27-46(44)50)49(36-22-26-42-41-15-7-9-17-47(41)51-48(42)30-36)34-21-18-32-20-24-38-37-13-5-4-10-31(37)19-25-39(38)43(32)28-34/h1-30H. The van der Waals surface area contributed by atoms with Crippen LogP contribution in [0.2, 0.25) is 0 Å². The fourth-order valence-electron chi connectivity index (χ4n) is 8.20. The van der Waals surface area contributed by atoms with Crippen molar-refractivity contribution in [2.75, 3.05) is 4.90 Å². The van der Waals surface area contributed by atoms with Gasteiger partial charge in [-0.05, 0) is 99.0 Å². The van der Waals surface area contributed by atoms with Gasteiger partial charge < -0.3 is 13.9 Å². The minimum atomic E-state index is 0.873. The van der Waals surface area contributed by atoms with Gasteiger partial charge in [-0.1, -0.05) is 109 Å². The maximum absolute atomic E-state index is 6.43. The highest BCUT2D eigenvalue weighted by molar-refractivity contribution is 6.18. The van der Waals surface area contributed by atoms with Gasteiger partial charge in [0.2, 0.25) is 0 Å². The molecule has 0 aliphatic rings. The van der Waals surface area contributed by atoms with E-state index in [1.165, 1.54) is 54.1 Å². The number of benzene rings is 9. The molecule has 3 nitrogen and oxygen atoms in total. The Morgan fingerprint density at radius 3 is 1.75 bits per heavy atom. The minimum absolute atomic E-state index is 0.873. The van der Waals surface area contributed by atoms with Crippen LogP contribution in [0.4, 0.5) is 17.1 Å². The highest BCUT2D eigenvalue weighted by Crippen LogP contribution is 2.43. The summed E-state index contributed by atoms with van der Waals surface area (Å²) in [5.41, 5.74) is 8.50. The van der Waals surface area contributed by atoms with Crippen molar-refractivity contribution >= 4 is 93.1 Å². The summed E-state index contributed by atoms with van der Waals surface area (Å²) in [6, 6.07) is 65.7. The lowest BCUT2D eigenvalue weighted by atomic mass is 9.96. The van der Waals surface area contributed by atoms with E-state index in [2.05, 4.69) is 179 Å². The second-order valence-corrected chi connectivity index (χ2v) is 13.4. The highest BCUT2D eigenvalue weighted by atomic mass is 16.3. The second kappa shape index (κ2) is 10.8. The Labute approximate surface area is 293 Å². The highest BCUT2D eigenvalue weighted by Gasteiger charge is 2.19. The monoisotopic (exact) mass is 650 g/mol. The summed E-state index contributed by atoms with van der Waals surface area (Å²) >= 11 is 0. The van der Waals surface area contributed by atoms with Gasteiger partial charge >= 0.3 is 0 Å². The van der Waals surface area contributed by atoms with Crippen LogP contribution in [0.25, 0.3) is 81.7 Å². The molecule has 238 valence electrons. The van der Waals surface area contributed by atoms with Gasteiger partial charge in [0.05, 0.1) is 11.0 Å². The number of para-hydroxylation sites is 3. The molecule has 0 aliphatic heterocycles. The fraction of sp³-hybridized carbons (Fsp3) is 0. The van der Waals surface area contributed by atoms with Crippen LogP contribution >= 0.6 is 0 Å². The summed E-state index contributed by atoms with van der Waals surface area (Å²) in [6.45, 7) is 0. The number of hydrogen-bond donors (Lipinski definition) is 0. The van der Waals surface area contributed by atoms with E-state index in [-0.39, 0.29) is 0 Å². The van der Waals surface area contributed by atoms with Gasteiger partial charge in [0.15, 0.2) is 0 Å². The minimum Gasteiger partial charge on any atom is -0.456 e. The number of furan rings is 1. The van der Waals surface area contributed by atoms with Crippen LogP contribution in [0.1, 0.15) is 0 Å². The number of fused-ring (bicyclic) bond motifs is 11. The van der Waals surface area contributed by atoms with Gasteiger partial charge in [0.25, 0.3) is 0 Å². The van der Waals surface area contributed by atoms with Crippen LogP contribution in [0.5, 0.6) is 0 Å². The molecule has 2 aromatic heterocycles. The van der Waals surface area contributed by atoms with Gasteiger partial charge in [0.1, 0.15) is 11.2 Å². The quantitative estimate of drug-likeness (QED) is 0.177. The maximum atomic E-state index is 6.43. The number of hydrogen-bond acceptors (Lipinski definition) is 2. The number of nitrogens with zero attached hydrogens (tertiary/aromatic N) is 2. The van der Waals surface area contributed by atoms with Crippen molar-refractivity contribution in [3.05, 3.63) is 182 Å². The molecule has 9 aromatic carbocycles. The third-order valence-corrected chi connectivity index (χ3v) is 10.5. The lowest BCUT2D eigenvalue weighted by Crippen LogP contribution is -2.10. The molecule has 51 heavy (non-hydrogen) atoms. The van der Waals surface area contributed by atoms with E-state index in [1.807, 2.05) is 12.1 Å². The van der Waals surface area contributed by atoms with Crippen molar-refractivity contribution in [1.82, 2.24) is 4.57 Å². The Bertz CT molecular complexity index is 3150. The Morgan fingerprint density at radius 1 is 0.333 bits per heavy atom. The molecule has 0 fully saturated rings. The van der Waals surface area contributed by atoms with Gasteiger partial charge in [-0.3, -0.25) is 0 Å². The third-order valence-electron chi connectivity index (χ3n) is 10.5. The van der Waals surface area contributed by atoms with E-state index in [0.29, 0.717) is 0 Å². The zero-order valence-electron chi connectivity index (χ0n) is 27.6. The lowest BCUT2D eigenvalue weighted by Gasteiger charge is -2.26. The number of rotatable bonds is 4. The first-order chi connectivity index (χ1) is 25.3. The first-order valence-corrected chi connectivity index (χ1v) is 17.4. The SMILES string of the molecule is c1ccc(-n2c3ccccc3c3cc(N(c4ccc5c(c4)oc4ccccc45)c4ccc5ccc6c7ccccc7ccc6c5c4)ccc32)cc1. The maximum Gasteiger partial charge on any atom is 0.137 e. The van der Waals surface area contributed by atoms with Crippen LogP contribution in [0.3, 0.4) is 0 Å². The van der Waals surface area contributed by atoms with E-state index in [9.17, 15) is 0 Å². The Morgan fingerprint density at radius 2 is 0.882 bits per heavy atom. The molecule has 0 saturated heterocycles. The van der Waals surface area contributed by atoms with Crippen molar-refractivity contribution in [3.8, 4) is 5.69 Å². The van der Waals surface area contributed by atoms with Crippen molar-refractivity contribution in [3.63, 3.8) is 0 Å². The molecule has 11 aromatic rings. The average Bonchev–Trinajstić information content (AvgIpc) is 3.73. The van der Waals surface area contributed by atoms with Crippen LogP contribution in [0, 0.1) is 0 Å². The molecule has 0 unspecified atom stereocenters. The molecule has 0 radical (unpaired) electrons. The first-order valence-electron chi connectivity index (χ1n) is 17.4. The zero-order chi connectivity index (χ0) is 33.5. The molecule has 11 rings (SSSR count). The van der Waals surface area contributed by atoms with Crippen molar-refractivity contribution in [2.45, 2.75) is 0 Å². The lowest BCUT2D eigenvalue weighted by molar-refractivity contribution is 0.669. The topological polar surface area (TPSA) is 21.3 Å². The fourth-order valence-corrected chi connectivity index (χ4v) is 8.20. The Kier molecular flexibility index (Phi) is 5.96. The molecule has 0 saturated carbocycles. The summed E-state index contributed by atoms with van der Waals surface area (Å²) in [6.07, 6.45) is 0. The molecule has 3 heteroatoms. The van der Waals surface area contributed by atoms with Gasteiger partial charge in [-0.15, -0.1) is 0 Å². The van der Waals surface area contributed by atoms with E-state index >= 15 is 0 Å². The number of aromatic nitrogens is 1. The molecular weight excluding hydrogens is 621 g/mol. The second-order valence-electron chi connectivity index (χ2n) is 13.4. The summed E-state index contributed by atoms with van der Waals surface area (Å²) in [7, 11) is 0. The van der Waals surface area contributed by atoms with Crippen LogP contribution in [-0.4, -0.2) is 4.57 Å². The molecule has 0 N–H and O–H groups in total. The Balaban J connectivity index is 1.18. The van der Waals surface area contributed by atoms with Gasteiger partial charge in [-0.25, -0.2) is 0 Å². The molecule has 0 spiro atoms. The summed E-state index contributed by atoms with van der Waals surface area (Å²) in [5.74, 6) is 0. The summed E-state index contributed by atoms with van der Waals surface area (Å²) in [5, 5.41) is 12.2. The molecular formula is C48H30N2O. The van der Waals surface area contributed by atoms with Gasteiger partial charge in [0, 0.05) is 50.4 Å². The Hall–Kier alpha value is -6.84. The van der Waals surface area contributed by atoms with Crippen LogP contribution < -0.4 is 4.90 Å². The summed E-state index contributed by atoms with van der Waals surface area (Å²) in [4.78, 5) is 2.38. The smallest absolute Gasteiger partial charge is 0.137 e. The van der Waals surface area contributed by atoms with Crippen molar-refractivity contribution in [1.29, 1.82) is 0 Å². The van der Waals surface area contributed by atoms with E-state index in [1.54, 1.807) is 0 Å². The van der Waals surface area contributed by atoms with E-state index < -0.39 is 0 Å². The average molecular weight is 651 g/mol. The van der Waals surface area contributed by atoms with Gasteiger partial charge in [-0.2, -0.15) is 0 Å². The summed E-state index contributed by atoms with van der Waals surface area (Å²) < 4.78 is 8.80. The molecule has 2 heterocycles.